The maximum Gasteiger partial charge on any atom is 0.244 e. The van der Waals surface area contributed by atoms with E-state index in [1.54, 1.807) is 6.92 Å². The second-order valence-electron chi connectivity index (χ2n) is 4.05. The summed E-state index contributed by atoms with van der Waals surface area (Å²) in [4.78, 5) is 4.29. The first-order chi connectivity index (χ1) is 8.16. The van der Waals surface area contributed by atoms with Crippen LogP contribution in [0.3, 0.4) is 0 Å². The Morgan fingerprint density at radius 2 is 1.76 bits per heavy atom. The average Bonchev–Trinajstić information content (AvgIpc) is 2.29. The van der Waals surface area contributed by atoms with Crippen LogP contribution in [0.25, 0.3) is 11.3 Å². The van der Waals surface area contributed by atoms with E-state index in [4.69, 9.17) is 4.74 Å². The summed E-state index contributed by atoms with van der Waals surface area (Å²) >= 11 is 0. The van der Waals surface area contributed by atoms with Gasteiger partial charge in [0.25, 0.3) is 0 Å². The molecule has 0 spiro atoms. The van der Waals surface area contributed by atoms with Crippen LogP contribution in [0.1, 0.15) is 19.7 Å². The Morgan fingerprint density at radius 3 is 2.41 bits per heavy atom. The van der Waals surface area contributed by atoms with E-state index in [9.17, 15) is 0 Å². The number of ether oxygens (including phenoxy) is 1. The van der Waals surface area contributed by atoms with Gasteiger partial charge in [0.2, 0.25) is 5.88 Å². The van der Waals surface area contributed by atoms with Crippen molar-refractivity contribution in [2.24, 2.45) is 0 Å². The Kier molecular flexibility index (Phi) is 3.32. The van der Waals surface area contributed by atoms with Crippen LogP contribution in [0.2, 0.25) is 0 Å². The molecule has 2 rings (SSSR count). The molecule has 0 bridgehead atoms. The van der Waals surface area contributed by atoms with Gasteiger partial charge in [0.15, 0.2) is 11.5 Å². The molecule has 0 N–H and O–H groups in total. The molecule has 0 radical (unpaired) electrons. The summed E-state index contributed by atoms with van der Waals surface area (Å²) < 4.78 is 5.67. The van der Waals surface area contributed by atoms with Gasteiger partial charge in [-0.05, 0) is 20.8 Å². The van der Waals surface area contributed by atoms with Gasteiger partial charge in [0.1, 0.15) is 0 Å². The van der Waals surface area contributed by atoms with Crippen LogP contribution in [0.4, 0.5) is 0 Å². The summed E-state index contributed by atoms with van der Waals surface area (Å²) in [6.07, 6.45) is 0.0635. The summed E-state index contributed by atoms with van der Waals surface area (Å²) in [7, 11) is 0. The highest BCUT2D eigenvalue weighted by molar-refractivity contribution is 5.63. The molecule has 1 aromatic heterocycles. The van der Waals surface area contributed by atoms with Crippen molar-refractivity contribution < 1.29 is 4.74 Å². The van der Waals surface area contributed by atoms with Crippen LogP contribution in [0.5, 0.6) is 5.88 Å². The van der Waals surface area contributed by atoms with Gasteiger partial charge in [-0.15, -0.1) is 10.2 Å². The van der Waals surface area contributed by atoms with Crippen molar-refractivity contribution in [2.45, 2.75) is 26.9 Å². The van der Waals surface area contributed by atoms with Crippen molar-refractivity contribution in [1.29, 1.82) is 0 Å². The zero-order valence-electron chi connectivity index (χ0n) is 10.2. The molecule has 0 atom stereocenters. The standard InChI is InChI=1S/C13H15N3O/c1-9(2)17-13-12(16-15-10(3)14-13)11-7-5-4-6-8-11/h4-9H,1-3H3. The molecule has 1 aromatic carbocycles. The summed E-state index contributed by atoms with van der Waals surface area (Å²) in [5, 5.41) is 8.15. The van der Waals surface area contributed by atoms with E-state index < -0.39 is 0 Å². The molecule has 88 valence electrons. The second kappa shape index (κ2) is 4.91. The number of hydrogen-bond acceptors (Lipinski definition) is 4. The minimum Gasteiger partial charge on any atom is -0.473 e. The average molecular weight is 229 g/mol. The lowest BCUT2D eigenvalue weighted by atomic mass is 10.1. The van der Waals surface area contributed by atoms with Gasteiger partial charge in [-0.1, -0.05) is 30.3 Å². The Labute approximate surface area is 101 Å². The van der Waals surface area contributed by atoms with Gasteiger partial charge >= 0.3 is 0 Å². The molecule has 17 heavy (non-hydrogen) atoms. The minimum absolute atomic E-state index is 0.0635. The van der Waals surface area contributed by atoms with Crippen molar-refractivity contribution in [3.05, 3.63) is 36.2 Å². The fourth-order valence-electron chi connectivity index (χ4n) is 1.47. The van der Waals surface area contributed by atoms with Gasteiger partial charge in [-0.25, -0.2) is 0 Å². The van der Waals surface area contributed by atoms with Crippen LogP contribution < -0.4 is 4.74 Å². The highest BCUT2D eigenvalue weighted by Gasteiger charge is 2.12. The van der Waals surface area contributed by atoms with E-state index in [0.29, 0.717) is 17.4 Å². The van der Waals surface area contributed by atoms with Crippen molar-refractivity contribution in [3.8, 4) is 17.1 Å². The van der Waals surface area contributed by atoms with Crippen LogP contribution in [-0.4, -0.2) is 21.3 Å². The van der Waals surface area contributed by atoms with E-state index in [0.717, 1.165) is 5.56 Å². The van der Waals surface area contributed by atoms with E-state index in [2.05, 4.69) is 15.2 Å². The van der Waals surface area contributed by atoms with Crippen molar-refractivity contribution in [2.75, 3.05) is 0 Å². The largest absolute Gasteiger partial charge is 0.473 e. The number of aromatic nitrogens is 3. The number of rotatable bonds is 3. The molecule has 4 nitrogen and oxygen atoms in total. The smallest absolute Gasteiger partial charge is 0.244 e. The maximum absolute atomic E-state index is 5.67. The van der Waals surface area contributed by atoms with Crippen LogP contribution in [0, 0.1) is 6.92 Å². The van der Waals surface area contributed by atoms with Gasteiger partial charge < -0.3 is 4.74 Å². The molecule has 0 fully saturated rings. The van der Waals surface area contributed by atoms with Gasteiger partial charge in [0, 0.05) is 5.56 Å². The molecular formula is C13H15N3O. The first-order valence-corrected chi connectivity index (χ1v) is 5.60. The zero-order chi connectivity index (χ0) is 12.3. The highest BCUT2D eigenvalue weighted by Crippen LogP contribution is 2.25. The van der Waals surface area contributed by atoms with Crippen molar-refractivity contribution >= 4 is 0 Å². The molecule has 2 aromatic rings. The van der Waals surface area contributed by atoms with E-state index >= 15 is 0 Å². The molecule has 0 unspecified atom stereocenters. The normalized spacial score (nSPS) is 10.6. The monoisotopic (exact) mass is 229 g/mol. The zero-order valence-corrected chi connectivity index (χ0v) is 10.2. The predicted molar refractivity (Wildman–Crippen MR) is 65.8 cm³/mol. The fraction of sp³-hybridized carbons (Fsp3) is 0.308. The van der Waals surface area contributed by atoms with E-state index in [1.807, 2.05) is 44.2 Å². The third-order valence-electron chi connectivity index (χ3n) is 2.16. The van der Waals surface area contributed by atoms with Gasteiger partial charge in [0.05, 0.1) is 6.10 Å². The Morgan fingerprint density at radius 1 is 1.06 bits per heavy atom. The quantitative estimate of drug-likeness (QED) is 0.811. The predicted octanol–water partition coefficient (Wildman–Crippen LogP) is 2.63. The molecule has 0 amide bonds. The molecular weight excluding hydrogens is 214 g/mol. The lowest BCUT2D eigenvalue weighted by molar-refractivity contribution is 0.231. The third-order valence-corrected chi connectivity index (χ3v) is 2.16. The summed E-state index contributed by atoms with van der Waals surface area (Å²) in [6, 6.07) is 9.80. The lowest BCUT2D eigenvalue weighted by Gasteiger charge is -2.12. The second-order valence-corrected chi connectivity index (χ2v) is 4.05. The number of hydrogen-bond donors (Lipinski definition) is 0. The minimum atomic E-state index is 0.0635. The molecule has 0 aliphatic rings. The van der Waals surface area contributed by atoms with Crippen LogP contribution >= 0.6 is 0 Å². The van der Waals surface area contributed by atoms with Gasteiger partial charge in [-0.2, -0.15) is 4.98 Å². The molecule has 0 saturated heterocycles. The molecule has 0 saturated carbocycles. The number of benzene rings is 1. The number of aryl methyl sites for hydroxylation is 1. The maximum atomic E-state index is 5.67. The number of nitrogens with zero attached hydrogens (tertiary/aromatic N) is 3. The molecule has 0 aliphatic carbocycles. The first kappa shape index (κ1) is 11.5. The third kappa shape index (κ3) is 2.78. The first-order valence-electron chi connectivity index (χ1n) is 5.60. The molecule has 0 aliphatic heterocycles. The highest BCUT2D eigenvalue weighted by atomic mass is 16.5. The SMILES string of the molecule is Cc1nnc(-c2ccccc2)c(OC(C)C)n1. The Balaban J connectivity index is 2.46. The van der Waals surface area contributed by atoms with Gasteiger partial charge in [-0.3, -0.25) is 0 Å². The fourth-order valence-corrected chi connectivity index (χ4v) is 1.47. The van der Waals surface area contributed by atoms with Crippen molar-refractivity contribution in [1.82, 2.24) is 15.2 Å². The topological polar surface area (TPSA) is 47.9 Å². The summed E-state index contributed by atoms with van der Waals surface area (Å²) in [5.74, 6) is 1.15. The van der Waals surface area contributed by atoms with Crippen LogP contribution in [-0.2, 0) is 0 Å². The lowest BCUT2D eigenvalue weighted by Crippen LogP contribution is -2.10. The van der Waals surface area contributed by atoms with E-state index in [-0.39, 0.29) is 6.10 Å². The molecule has 4 heteroatoms. The summed E-state index contributed by atoms with van der Waals surface area (Å²) in [5.41, 5.74) is 1.65. The van der Waals surface area contributed by atoms with Crippen LogP contribution in [0.15, 0.2) is 30.3 Å². The molecule has 1 heterocycles. The Hall–Kier alpha value is -1.97. The van der Waals surface area contributed by atoms with Crippen molar-refractivity contribution in [3.63, 3.8) is 0 Å². The van der Waals surface area contributed by atoms with E-state index in [1.165, 1.54) is 0 Å². The summed E-state index contributed by atoms with van der Waals surface area (Å²) in [6.45, 7) is 5.73. The Bertz CT molecular complexity index is 497.